The zero-order valence-corrected chi connectivity index (χ0v) is 18.0. The van der Waals surface area contributed by atoms with Crippen molar-refractivity contribution in [1.82, 2.24) is 0 Å². The van der Waals surface area contributed by atoms with Gasteiger partial charge >= 0.3 is 11.9 Å². The van der Waals surface area contributed by atoms with E-state index in [0.29, 0.717) is 6.61 Å². The lowest BCUT2D eigenvalue weighted by Crippen LogP contribution is -2.11. The van der Waals surface area contributed by atoms with Gasteiger partial charge in [0.05, 0.1) is 6.42 Å². The molecule has 31 heavy (non-hydrogen) atoms. The van der Waals surface area contributed by atoms with Gasteiger partial charge in [0.2, 0.25) is 0 Å². The van der Waals surface area contributed by atoms with Gasteiger partial charge in [-0.05, 0) is 53.8 Å². The van der Waals surface area contributed by atoms with Crippen LogP contribution in [0.15, 0.2) is 83.8 Å². The average molecular weight is 440 g/mol. The monoisotopic (exact) mass is 439 g/mol. The lowest BCUT2D eigenvalue weighted by atomic mass is 10.1. The molecule has 162 valence electrons. The van der Waals surface area contributed by atoms with E-state index in [1.54, 1.807) is 36.0 Å². The molecule has 0 heterocycles. The molecule has 0 bridgehead atoms. The number of thioether (sulfide) groups is 1. The first-order valence-electron chi connectivity index (χ1n) is 9.53. The van der Waals surface area contributed by atoms with Gasteiger partial charge in [-0.3, -0.25) is 9.59 Å². The summed E-state index contributed by atoms with van der Waals surface area (Å²) in [6.07, 6.45) is 2.04. The third-order valence-corrected chi connectivity index (χ3v) is 4.80. The van der Waals surface area contributed by atoms with Crippen LogP contribution in [0.25, 0.3) is 0 Å². The first kappa shape index (κ1) is 23.8. The molecular weight excluding hydrogens is 414 g/mol. The van der Waals surface area contributed by atoms with Gasteiger partial charge in [0.1, 0.15) is 18.9 Å². The second-order valence-corrected chi connectivity index (χ2v) is 7.34. The van der Waals surface area contributed by atoms with Crippen molar-refractivity contribution < 1.29 is 24.5 Å². The quantitative estimate of drug-likeness (QED) is 0.412. The Bertz CT molecular complexity index is 944. The molecule has 3 N–H and O–H groups in total. The Morgan fingerprint density at radius 1 is 0.839 bits per heavy atom. The summed E-state index contributed by atoms with van der Waals surface area (Å²) in [6, 6.07) is 24.7. The Balaban J connectivity index is 0.000000233. The summed E-state index contributed by atoms with van der Waals surface area (Å²) in [5.41, 5.74) is 2.71. The van der Waals surface area contributed by atoms with E-state index < -0.39 is 11.9 Å². The molecule has 3 aromatic rings. The number of carboxylic acid groups (broad SMARTS) is 2. The van der Waals surface area contributed by atoms with Gasteiger partial charge < -0.3 is 20.3 Å². The van der Waals surface area contributed by atoms with Crippen LogP contribution in [-0.4, -0.2) is 35.0 Å². The third kappa shape index (κ3) is 9.73. The smallest absolute Gasteiger partial charge is 0.322 e. The number of hydrogen-bond acceptors (Lipinski definition) is 5. The van der Waals surface area contributed by atoms with Crippen LogP contribution >= 0.6 is 11.8 Å². The molecule has 0 amide bonds. The molecule has 0 aliphatic carbocycles. The molecule has 0 saturated carbocycles. The van der Waals surface area contributed by atoms with E-state index in [2.05, 4.69) is 5.32 Å². The minimum Gasteiger partial charge on any atom is -0.489 e. The standard InChI is InChI=1S/C15H14O3.C9H11NO2S/c16-15(17)10-12-6-8-14(9-7-12)18-11-13-4-2-1-3-5-13;1-13-8-4-2-7(3-5-8)10-6-9(11)12/h1-9H,10-11H2,(H,16,17);2-5,10H,6H2,1H3,(H,11,12). The topological polar surface area (TPSA) is 95.9 Å². The number of anilines is 1. The first-order chi connectivity index (χ1) is 15.0. The van der Waals surface area contributed by atoms with Gasteiger partial charge in [-0.15, -0.1) is 11.8 Å². The molecule has 0 unspecified atom stereocenters. The fraction of sp³-hybridized carbons (Fsp3) is 0.167. The normalized spacial score (nSPS) is 9.84. The van der Waals surface area contributed by atoms with Crippen LogP contribution in [0.1, 0.15) is 11.1 Å². The zero-order valence-electron chi connectivity index (χ0n) is 17.2. The van der Waals surface area contributed by atoms with Crippen molar-refractivity contribution in [3.05, 3.63) is 90.0 Å². The van der Waals surface area contributed by atoms with Crippen molar-refractivity contribution in [1.29, 1.82) is 0 Å². The van der Waals surface area contributed by atoms with Gasteiger partial charge in [0.15, 0.2) is 0 Å². The van der Waals surface area contributed by atoms with Crippen molar-refractivity contribution in [3.8, 4) is 5.75 Å². The minimum absolute atomic E-state index is 0.0406. The van der Waals surface area contributed by atoms with Crippen LogP contribution in [0.2, 0.25) is 0 Å². The maximum atomic E-state index is 10.5. The van der Waals surface area contributed by atoms with E-state index in [4.69, 9.17) is 14.9 Å². The lowest BCUT2D eigenvalue weighted by Gasteiger charge is -2.06. The van der Waals surface area contributed by atoms with Gasteiger partial charge in [-0.25, -0.2) is 0 Å². The summed E-state index contributed by atoms with van der Waals surface area (Å²) in [5.74, 6) is -0.935. The van der Waals surface area contributed by atoms with Crippen molar-refractivity contribution in [2.24, 2.45) is 0 Å². The molecular formula is C24H25NO5S. The largest absolute Gasteiger partial charge is 0.489 e. The van der Waals surface area contributed by atoms with Crippen LogP contribution < -0.4 is 10.1 Å². The second kappa shape index (κ2) is 13.0. The molecule has 0 fully saturated rings. The molecule has 0 atom stereocenters. The first-order valence-corrected chi connectivity index (χ1v) is 10.8. The highest BCUT2D eigenvalue weighted by molar-refractivity contribution is 7.98. The summed E-state index contributed by atoms with van der Waals surface area (Å²) < 4.78 is 5.60. The third-order valence-electron chi connectivity index (χ3n) is 4.06. The molecule has 6 nitrogen and oxygen atoms in total. The molecule has 3 rings (SSSR count). The maximum absolute atomic E-state index is 10.5. The van der Waals surface area contributed by atoms with Crippen LogP contribution in [0.5, 0.6) is 5.75 Å². The van der Waals surface area contributed by atoms with Crippen molar-refractivity contribution in [2.75, 3.05) is 18.1 Å². The predicted molar refractivity (Wildman–Crippen MR) is 123 cm³/mol. The Morgan fingerprint density at radius 3 is 2.03 bits per heavy atom. The molecule has 0 aliphatic heterocycles. The average Bonchev–Trinajstić information content (AvgIpc) is 2.78. The van der Waals surface area contributed by atoms with Gasteiger partial charge in [-0.1, -0.05) is 42.5 Å². The fourth-order valence-corrected chi connectivity index (χ4v) is 2.91. The highest BCUT2D eigenvalue weighted by atomic mass is 32.2. The summed E-state index contributed by atoms with van der Waals surface area (Å²) >= 11 is 1.66. The molecule has 7 heteroatoms. The highest BCUT2D eigenvalue weighted by Gasteiger charge is 2.01. The summed E-state index contributed by atoms with van der Waals surface area (Å²) in [5, 5.41) is 19.9. The van der Waals surface area contributed by atoms with E-state index in [0.717, 1.165) is 22.6 Å². The molecule has 3 aromatic carbocycles. The van der Waals surface area contributed by atoms with Crippen LogP contribution in [-0.2, 0) is 22.6 Å². The van der Waals surface area contributed by atoms with E-state index >= 15 is 0 Å². The number of carboxylic acids is 2. The van der Waals surface area contributed by atoms with Crippen molar-refractivity contribution in [2.45, 2.75) is 17.9 Å². The molecule has 0 saturated heterocycles. The summed E-state index contributed by atoms with van der Waals surface area (Å²) in [4.78, 5) is 21.9. The molecule has 0 spiro atoms. The Labute approximate surface area is 185 Å². The number of ether oxygens (including phenoxy) is 1. The van der Waals surface area contributed by atoms with E-state index in [-0.39, 0.29) is 13.0 Å². The minimum atomic E-state index is -0.853. The van der Waals surface area contributed by atoms with Crippen LogP contribution in [0.3, 0.4) is 0 Å². The number of rotatable bonds is 9. The number of carbonyl (C=O) groups is 2. The number of nitrogens with one attached hydrogen (secondary N) is 1. The van der Waals surface area contributed by atoms with Crippen LogP contribution in [0.4, 0.5) is 5.69 Å². The van der Waals surface area contributed by atoms with E-state index in [9.17, 15) is 9.59 Å². The second-order valence-electron chi connectivity index (χ2n) is 6.46. The Hall–Kier alpha value is -3.45. The van der Waals surface area contributed by atoms with Crippen molar-refractivity contribution in [3.63, 3.8) is 0 Å². The zero-order chi connectivity index (χ0) is 22.5. The molecule has 0 aliphatic rings. The molecule has 0 radical (unpaired) electrons. The van der Waals surface area contributed by atoms with Gasteiger partial charge in [0.25, 0.3) is 0 Å². The van der Waals surface area contributed by atoms with E-state index in [1.807, 2.05) is 60.9 Å². The van der Waals surface area contributed by atoms with Gasteiger partial charge in [-0.2, -0.15) is 0 Å². The Kier molecular flexibility index (Phi) is 9.97. The number of aliphatic carboxylic acids is 2. The SMILES string of the molecule is CSc1ccc(NCC(=O)O)cc1.O=C(O)Cc1ccc(OCc2ccccc2)cc1. The summed E-state index contributed by atoms with van der Waals surface area (Å²) in [7, 11) is 0. The lowest BCUT2D eigenvalue weighted by molar-refractivity contribution is -0.136. The predicted octanol–water partition coefficient (Wildman–Crippen LogP) is 4.80. The van der Waals surface area contributed by atoms with Crippen molar-refractivity contribution >= 4 is 29.4 Å². The number of hydrogen-bond donors (Lipinski definition) is 3. The van der Waals surface area contributed by atoms with Crippen LogP contribution in [0, 0.1) is 0 Å². The fourth-order valence-electron chi connectivity index (χ4n) is 2.51. The Morgan fingerprint density at radius 2 is 1.48 bits per heavy atom. The summed E-state index contributed by atoms with van der Waals surface area (Å²) in [6.45, 7) is 0.470. The maximum Gasteiger partial charge on any atom is 0.322 e. The van der Waals surface area contributed by atoms with E-state index in [1.165, 1.54) is 4.90 Å². The highest BCUT2D eigenvalue weighted by Crippen LogP contribution is 2.17. The van der Waals surface area contributed by atoms with Gasteiger partial charge in [0, 0.05) is 10.6 Å². The molecule has 0 aromatic heterocycles. The number of benzene rings is 3.